The smallest absolute Gasteiger partial charge is 0.497 e. The van der Waals surface area contributed by atoms with Gasteiger partial charge in [0.15, 0.2) is 0 Å². The summed E-state index contributed by atoms with van der Waals surface area (Å²) < 4.78 is 23.0. The largest absolute Gasteiger partial charge is 0.498 e. The van der Waals surface area contributed by atoms with E-state index in [0.717, 1.165) is 23.2 Å². The third-order valence-electron chi connectivity index (χ3n) is 5.57. The van der Waals surface area contributed by atoms with Gasteiger partial charge in [-0.05, 0) is 58.6 Å². The molecule has 25 heavy (non-hydrogen) atoms. The summed E-state index contributed by atoms with van der Waals surface area (Å²) in [4.78, 5) is 11.9. The van der Waals surface area contributed by atoms with Crippen molar-refractivity contribution in [3.63, 3.8) is 0 Å². The first-order chi connectivity index (χ1) is 11.7. The molecule has 0 N–H and O–H groups in total. The van der Waals surface area contributed by atoms with Gasteiger partial charge < -0.3 is 18.8 Å². The maximum Gasteiger partial charge on any atom is 0.498 e. The fraction of sp³-hybridized carbons (Fsp3) is 0.632. The highest BCUT2D eigenvalue weighted by Gasteiger charge is 2.53. The second kappa shape index (κ2) is 6.33. The lowest BCUT2D eigenvalue weighted by Crippen LogP contribution is -2.41. The Kier molecular flexibility index (Phi) is 4.62. The Hall–Kier alpha value is -1.53. The van der Waals surface area contributed by atoms with Crippen molar-refractivity contribution in [2.45, 2.75) is 58.2 Å². The fourth-order valence-corrected chi connectivity index (χ4v) is 3.21. The van der Waals surface area contributed by atoms with Crippen LogP contribution < -0.4 is 10.2 Å². The molecule has 1 aromatic rings. The quantitative estimate of drug-likeness (QED) is 0.606. The minimum absolute atomic E-state index is 0.0421. The SMILES string of the molecule is CCOC(=O)[C@H]1C[C@H]1c1ccc(OC)c(B2OC(C)(C)C(C)(C)O2)c1. The van der Waals surface area contributed by atoms with Crippen LogP contribution in [0.3, 0.4) is 0 Å². The summed E-state index contributed by atoms with van der Waals surface area (Å²) in [5.74, 6) is 0.779. The summed E-state index contributed by atoms with van der Waals surface area (Å²) in [6.45, 7) is 10.4. The van der Waals surface area contributed by atoms with E-state index in [1.807, 2.05) is 52.8 Å². The maximum atomic E-state index is 11.9. The number of hydrogen-bond acceptors (Lipinski definition) is 5. The fourth-order valence-electron chi connectivity index (χ4n) is 3.21. The number of methoxy groups -OCH3 is 1. The number of rotatable bonds is 5. The summed E-state index contributed by atoms with van der Waals surface area (Å²) in [5.41, 5.74) is 1.15. The van der Waals surface area contributed by atoms with Gasteiger partial charge in [-0.2, -0.15) is 0 Å². The highest BCUT2D eigenvalue weighted by atomic mass is 16.7. The lowest BCUT2D eigenvalue weighted by Gasteiger charge is -2.32. The van der Waals surface area contributed by atoms with E-state index in [1.54, 1.807) is 7.11 Å². The number of esters is 1. The predicted octanol–water partition coefficient (Wildman–Crippen LogP) is 2.66. The van der Waals surface area contributed by atoms with E-state index in [4.69, 9.17) is 18.8 Å². The molecule has 1 aliphatic heterocycles. The molecule has 3 rings (SSSR count). The Morgan fingerprint density at radius 3 is 2.44 bits per heavy atom. The molecule has 1 saturated heterocycles. The van der Waals surface area contributed by atoms with Gasteiger partial charge in [0.05, 0.1) is 30.8 Å². The van der Waals surface area contributed by atoms with Gasteiger partial charge in [-0.15, -0.1) is 0 Å². The number of benzene rings is 1. The van der Waals surface area contributed by atoms with Crippen LogP contribution in [0.25, 0.3) is 0 Å². The van der Waals surface area contributed by atoms with Crippen LogP contribution in [-0.4, -0.2) is 38.0 Å². The minimum atomic E-state index is -0.486. The Bertz CT molecular complexity index is 654. The van der Waals surface area contributed by atoms with Crippen LogP contribution in [-0.2, 0) is 18.8 Å². The molecule has 0 amide bonds. The Balaban J connectivity index is 1.84. The van der Waals surface area contributed by atoms with E-state index in [-0.39, 0.29) is 17.8 Å². The molecule has 1 saturated carbocycles. The number of hydrogen-bond donors (Lipinski definition) is 0. The molecule has 2 fully saturated rings. The summed E-state index contributed by atoms with van der Waals surface area (Å²) in [5, 5.41) is 0. The standard InChI is InChI=1S/C19H27BO5/c1-7-23-17(21)14-11-13(14)12-8-9-16(22-6)15(10-12)20-24-18(2,3)19(4,5)25-20/h8-10,13-14H,7,11H2,1-6H3/t13-,14-/m0/s1. The van der Waals surface area contributed by atoms with Gasteiger partial charge in [-0.25, -0.2) is 0 Å². The summed E-state index contributed by atoms with van der Waals surface area (Å²) >= 11 is 0. The second-order valence-corrected chi connectivity index (χ2v) is 7.79. The second-order valence-electron chi connectivity index (χ2n) is 7.79. The summed E-state index contributed by atoms with van der Waals surface area (Å²) in [6.07, 6.45) is 0.827. The van der Waals surface area contributed by atoms with Crippen molar-refractivity contribution in [1.29, 1.82) is 0 Å². The van der Waals surface area contributed by atoms with Crippen LogP contribution in [0.5, 0.6) is 5.75 Å². The summed E-state index contributed by atoms with van der Waals surface area (Å²) in [7, 11) is 1.15. The molecule has 5 nitrogen and oxygen atoms in total. The lowest BCUT2D eigenvalue weighted by atomic mass is 9.77. The first-order valence-corrected chi connectivity index (χ1v) is 8.90. The molecule has 1 aliphatic carbocycles. The number of carbonyl (C=O) groups is 1. The van der Waals surface area contributed by atoms with Crippen molar-refractivity contribution in [3.05, 3.63) is 23.8 Å². The highest BCUT2D eigenvalue weighted by molar-refractivity contribution is 6.63. The molecule has 0 unspecified atom stereocenters. The van der Waals surface area contributed by atoms with Gasteiger partial charge in [0.1, 0.15) is 5.75 Å². The highest BCUT2D eigenvalue weighted by Crippen LogP contribution is 2.48. The molecular weight excluding hydrogens is 319 g/mol. The number of carbonyl (C=O) groups excluding carboxylic acids is 1. The van der Waals surface area contributed by atoms with Crippen LogP contribution in [0, 0.1) is 5.92 Å². The van der Waals surface area contributed by atoms with Gasteiger partial charge in [-0.1, -0.05) is 12.1 Å². The van der Waals surface area contributed by atoms with Crippen molar-refractivity contribution in [1.82, 2.24) is 0 Å². The van der Waals surface area contributed by atoms with Crippen molar-refractivity contribution >= 4 is 18.6 Å². The monoisotopic (exact) mass is 346 g/mol. The van der Waals surface area contributed by atoms with Crippen LogP contribution in [0.15, 0.2) is 18.2 Å². The summed E-state index contributed by atoms with van der Waals surface area (Å²) in [6, 6.07) is 5.98. The zero-order valence-electron chi connectivity index (χ0n) is 15.9. The zero-order chi connectivity index (χ0) is 18.4. The molecule has 2 atom stereocenters. The zero-order valence-corrected chi connectivity index (χ0v) is 15.9. The predicted molar refractivity (Wildman–Crippen MR) is 96.2 cm³/mol. The van der Waals surface area contributed by atoms with Crippen LogP contribution in [0.1, 0.15) is 52.5 Å². The third-order valence-corrected chi connectivity index (χ3v) is 5.57. The van der Waals surface area contributed by atoms with E-state index < -0.39 is 18.3 Å². The number of ether oxygens (including phenoxy) is 2. The van der Waals surface area contributed by atoms with Crippen LogP contribution in [0.2, 0.25) is 0 Å². The lowest BCUT2D eigenvalue weighted by molar-refractivity contribution is -0.144. The van der Waals surface area contributed by atoms with E-state index >= 15 is 0 Å². The van der Waals surface area contributed by atoms with Crippen molar-refractivity contribution in [2.24, 2.45) is 5.92 Å². The average Bonchev–Trinajstić information content (AvgIpc) is 3.30. The molecule has 1 heterocycles. The average molecular weight is 346 g/mol. The van der Waals surface area contributed by atoms with Gasteiger partial charge in [0.2, 0.25) is 0 Å². The normalized spacial score (nSPS) is 26.4. The van der Waals surface area contributed by atoms with Gasteiger partial charge in [0.25, 0.3) is 0 Å². The van der Waals surface area contributed by atoms with Crippen molar-refractivity contribution < 1.29 is 23.6 Å². The molecule has 0 spiro atoms. The van der Waals surface area contributed by atoms with Crippen molar-refractivity contribution in [2.75, 3.05) is 13.7 Å². The Morgan fingerprint density at radius 2 is 1.88 bits per heavy atom. The van der Waals surface area contributed by atoms with Gasteiger partial charge >= 0.3 is 13.1 Å². The van der Waals surface area contributed by atoms with Crippen LogP contribution >= 0.6 is 0 Å². The van der Waals surface area contributed by atoms with E-state index in [9.17, 15) is 4.79 Å². The minimum Gasteiger partial charge on any atom is -0.497 e. The van der Waals surface area contributed by atoms with E-state index in [0.29, 0.717) is 6.61 Å². The molecule has 0 bridgehead atoms. The van der Waals surface area contributed by atoms with E-state index in [1.165, 1.54) is 0 Å². The molecule has 2 aliphatic rings. The molecule has 0 aromatic heterocycles. The molecule has 6 heteroatoms. The first-order valence-electron chi connectivity index (χ1n) is 8.90. The topological polar surface area (TPSA) is 54.0 Å². The first kappa shape index (κ1) is 18.3. The van der Waals surface area contributed by atoms with Crippen molar-refractivity contribution in [3.8, 4) is 5.75 Å². The Morgan fingerprint density at radius 1 is 1.24 bits per heavy atom. The molecule has 1 aromatic carbocycles. The molecule has 136 valence electrons. The third kappa shape index (κ3) is 3.29. The van der Waals surface area contributed by atoms with Gasteiger partial charge in [0, 0.05) is 5.46 Å². The maximum absolute atomic E-state index is 11.9. The Labute approximate surface area is 150 Å². The molecular formula is C19H27BO5. The van der Waals surface area contributed by atoms with Gasteiger partial charge in [-0.3, -0.25) is 4.79 Å². The van der Waals surface area contributed by atoms with E-state index in [2.05, 4.69) is 0 Å². The molecule has 0 radical (unpaired) electrons. The van der Waals surface area contributed by atoms with Crippen LogP contribution in [0.4, 0.5) is 0 Å².